The van der Waals surface area contributed by atoms with E-state index in [1.165, 1.54) is 0 Å². The van der Waals surface area contributed by atoms with Crippen LogP contribution in [0.15, 0.2) is 30.5 Å². The zero-order valence-electron chi connectivity index (χ0n) is 6.52. The Morgan fingerprint density at radius 2 is 2.23 bits per heavy atom. The predicted molar refractivity (Wildman–Crippen MR) is 46.6 cm³/mol. The van der Waals surface area contributed by atoms with Crippen molar-refractivity contribution in [3.63, 3.8) is 0 Å². The number of nitro groups is 1. The van der Waals surface area contributed by atoms with Crippen molar-refractivity contribution in [3.05, 3.63) is 40.6 Å². The van der Waals surface area contributed by atoms with Crippen LogP contribution in [0.4, 0.5) is 11.4 Å². The van der Waals surface area contributed by atoms with Gasteiger partial charge in [-0.05, 0) is 6.07 Å². The van der Waals surface area contributed by atoms with Crippen molar-refractivity contribution in [1.82, 2.24) is 4.98 Å². The number of aromatic nitrogens is 1. The standard InChI is InChI=1S/C7H6N4O2/c12-11(13)4-7-9-5-1-2-8-3-6(5)10-7/h1-4,9-10H/b7-4+. The summed E-state index contributed by atoms with van der Waals surface area (Å²) in [5.41, 5.74) is 1.54. The Morgan fingerprint density at radius 1 is 1.46 bits per heavy atom. The van der Waals surface area contributed by atoms with E-state index in [1.54, 1.807) is 18.5 Å². The van der Waals surface area contributed by atoms with Gasteiger partial charge in [-0.3, -0.25) is 15.1 Å². The third-order valence-corrected chi connectivity index (χ3v) is 1.59. The number of pyridine rings is 1. The van der Waals surface area contributed by atoms with Crippen LogP contribution in [-0.4, -0.2) is 9.91 Å². The Bertz CT molecular complexity index is 361. The van der Waals surface area contributed by atoms with Gasteiger partial charge in [-0.25, -0.2) is 0 Å². The van der Waals surface area contributed by atoms with E-state index in [4.69, 9.17) is 0 Å². The molecule has 1 aliphatic heterocycles. The molecular formula is C7H6N4O2. The van der Waals surface area contributed by atoms with Crippen molar-refractivity contribution in [2.75, 3.05) is 10.6 Å². The number of hydrogen-bond acceptors (Lipinski definition) is 5. The topological polar surface area (TPSA) is 80.1 Å². The van der Waals surface area contributed by atoms with Gasteiger partial charge in [0.15, 0.2) is 5.82 Å². The van der Waals surface area contributed by atoms with Gasteiger partial charge >= 0.3 is 0 Å². The second kappa shape index (κ2) is 2.74. The van der Waals surface area contributed by atoms with E-state index < -0.39 is 4.92 Å². The summed E-state index contributed by atoms with van der Waals surface area (Å²) >= 11 is 0. The van der Waals surface area contributed by atoms with Gasteiger partial charge < -0.3 is 10.6 Å². The number of nitrogens with zero attached hydrogens (tertiary/aromatic N) is 2. The summed E-state index contributed by atoms with van der Waals surface area (Å²) in [4.78, 5) is 13.5. The molecule has 1 aliphatic rings. The molecule has 13 heavy (non-hydrogen) atoms. The Balaban J connectivity index is 2.28. The van der Waals surface area contributed by atoms with Crippen LogP contribution < -0.4 is 10.6 Å². The Hall–Kier alpha value is -2.11. The van der Waals surface area contributed by atoms with Gasteiger partial charge in [0, 0.05) is 6.20 Å². The molecule has 0 aromatic carbocycles. The molecule has 6 heteroatoms. The molecule has 0 aliphatic carbocycles. The number of fused-ring (bicyclic) bond motifs is 1. The van der Waals surface area contributed by atoms with Gasteiger partial charge in [-0.2, -0.15) is 0 Å². The fraction of sp³-hybridized carbons (Fsp3) is 0. The van der Waals surface area contributed by atoms with Crippen LogP contribution >= 0.6 is 0 Å². The lowest BCUT2D eigenvalue weighted by molar-refractivity contribution is -0.403. The average molecular weight is 178 g/mol. The summed E-state index contributed by atoms with van der Waals surface area (Å²) in [6.07, 6.45) is 4.09. The summed E-state index contributed by atoms with van der Waals surface area (Å²) in [7, 11) is 0. The van der Waals surface area contributed by atoms with Crippen LogP contribution in [0.1, 0.15) is 0 Å². The van der Waals surface area contributed by atoms with E-state index in [1.807, 2.05) is 0 Å². The number of nitrogens with one attached hydrogen (secondary N) is 2. The molecule has 6 nitrogen and oxygen atoms in total. The molecule has 0 unspecified atom stereocenters. The van der Waals surface area contributed by atoms with Crippen molar-refractivity contribution < 1.29 is 4.92 Å². The first-order chi connectivity index (χ1) is 6.25. The Labute approximate surface area is 73.4 Å². The molecule has 0 saturated carbocycles. The summed E-state index contributed by atoms with van der Waals surface area (Å²) < 4.78 is 0. The van der Waals surface area contributed by atoms with Crippen molar-refractivity contribution in [2.45, 2.75) is 0 Å². The first-order valence-electron chi connectivity index (χ1n) is 3.59. The smallest absolute Gasteiger partial charge is 0.274 e. The lowest BCUT2D eigenvalue weighted by atomic mass is 10.4. The van der Waals surface area contributed by atoms with Crippen LogP contribution in [0.5, 0.6) is 0 Å². The zero-order chi connectivity index (χ0) is 9.26. The van der Waals surface area contributed by atoms with E-state index in [0.29, 0.717) is 5.82 Å². The van der Waals surface area contributed by atoms with E-state index in [-0.39, 0.29) is 0 Å². The Kier molecular flexibility index (Phi) is 1.59. The van der Waals surface area contributed by atoms with Gasteiger partial charge in [-0.15, -0.1) is 0 Å². The Morgan fingerprint density at radius 3 is 2.92 bits per heavy atom. The van der Waals surface area contributed by atoms with Gasteiger partial charge in [0.25, 0.3) is 6.20 Å². The minimum atomic E-state index is -0.519. The maximum Gasteiger partial charge on any atom is 0.274 e. The van der Waals surface area contributed by atoms with Crippen LogP contribution in [0.2, 0.25) is 0 Å². The molecule has 2 heterocycles. The largest absolute Gasteiger partial charge is 0.335 e. The molecule has 2 rings (SSSR count). The van der Waals surface area contributed by atoms with Gasteiger partial charge in [0.2, 0.25) is 0 Å². The van der Waals surface area contributed by atoms with Crippen molar-refractivity contribution in [1.29, 1.82) is 0 Å². The fourth-order valence-electron chi connectivity index (χ4n) is 1.09. The molecule has 0 fully saturated rings. The minimum absolute atomic E-state index is 0.355. The second-order valence-electron chi connectivity index (χ2n) is 2.50. The van der Waals surface area contributed by atoms with Gasteiger partial charge in [-0.1, -0.05) is 0 Å². The molecule has 0 spiro atoms. The summed E-state index contributed by atoms with van der Waals surface area (Å²) in [5.74, 6) is 0.355. The molecule has 0 amide bonds. The number of hydrogen-bond donors (Lipinski definition) is 2. The van der Waals surface area contributed by atoms with Crippen LogP contribution in [0, 0.1) is 10.1 Å². The van der Waals surface area contributed by atoms with Crippen LogP contribution in [0.25, 0.3) is 0 Å². The van der Waals surface area contributed by atoms with E-state index in [0.717, 1.165) is 17.6 Å². The molecule has 0 radical (unpaired) electrons. The monoisotopic (exact) mass is 178 g/mol. The highest BCUT2D eigenvalue weighted by Gasteiger charge is 2.15. The summed E-state index contributed by atoms with van der Waals surface area (Å²) in [6, 6.07) is 1.74. The highest BCUT2D eigenvalue weighted by molar-refractivity contribution is 5.77. The zero-order valence-corrected chi connectivity index (χ0v) is 6.52. The SMILES string of the molecule is O=[N+]([O-])/C=C1\Nc2ccncc2N1. The third-order valence-electron chi connectivity index (χ3n) is 1.59. The van der Waals surface area contributed by atoms with Gasteiger partial charge in [0.05, 0.1) is 22.5 Å². The lowest BCUT2D eigenvalue weighted by Crippen LogP contribution is -2.02. The maximum atomic E-state index is 10.1. The highest BCUT2D eigenvalue weighted by atomic mass is 16.6. The number of anilines is 2. The molecule has 0 atom stereocenters. The van der Waals surface area contributed by atoms with E-state index in [9.17, 15) is 10.1 Å². The normalized spacial score (nSPS) is 16.2. The lowest BCUT2D eigenvalue weighted by Gasteiger charge is -1.92. The average Bonchev–Trinajstić information content (AvgIpc) is 2.44. The number of rotatable bonds is 1. The third kappa shape index (κ3) is 1.41. The summed E-state index contributed by atoms with van der Waals surface area (Å²) in [6.45, 7) is 0. The van der Waals surface area contributed by atoms with E-state index in [2.05, 4.69) is 15.6 Å². The van der Waals surface area contributed by atoms with Crippen LogP contribution in [-0.2, 0) is 0 Å². The maximum absolute atomic E-state index is 10.1. The van der Waals surface area contributed by atoms with E-state index >= 15 is 0 Å². The first-order valence-corrected chi connectivity index (χ1v) is 3.59. The fourth-order valence-corrected chi connectivity index (χ4v) is 1.09. The first kappa shape index (κ1) is 7.53. The molecule has 1 aromatic heterocycles. The summed E-state index contributed by atoms with van der Waals surface area (Å²) in [5, 5.41) is 15.8. The molecule has 0 saturated heterocycles. The molecular weight excluding hydrogens is 172 g/mol. The van der Waals surface area contributed by atoms with Crippen molar-refractivity contribution in [2.24, 2.45) is 0 Å². The minimum Gasteiger partial charge on any atom is -0.335 e. The second-order valence-corrected chi connectivity index (χ2v) is 2.50. The molecule has 66 valence electrons. The van der Waals surface area contributed by atoms with Crippen molar-refractivity contribution in [3.8, 4) is 0 Å². The van der Waals surface area contributed by atoms with Crippen molar-refractivity contribution >= 4 is 11.4 Å². The van der Waals surface area contributed by atoms with Crippen LogP contribution in [0.3, 0.4) is 0 Å². The quantitative estimate of drug-likeness (QED) is 0.495. The highest BCUT2D eigenvalue weighted by Crippen LogP contribution is 2.28. The van der Waals surface area contributed by atoms with Gasteiger partial charge in [0.1, 0.15) is 0 Å². The predicted octanol–water partition coefficient (Wildman–Crippen LogP) is 0.995. The molecule has 1 aromatic rings. The molecule has 0 bridgehead atoms. The molecule has 2 N–H and O–H groups in total.